The predicted octanol–water partition coefficient (Wildman–Crippen LogP) is 1.93. The van der Waals surface area contributed by atoms with E-state index in [1.165, 1.54) is 13.3 Å². The van der Waals surface area contributed by atoms with Gasteiger partial charge in [0.1, 0.15) is 17.1 Å². The summed E-state index contributed by atoms with van der Waals surface area (Å²) in [6.45, 7) is 4.98. The number of carbonyl (C=O) groups is 1. The van der Waals surface area contributed by atoms with Crippen molar-refractivity contribution in [2.24, 2.45) is 5.41 Å². The molecule has 8 heteroatoms. The first-order chi connectivity index (χ1) is 10.9. The number of carbonyl (C=O) groups excluding carboxylic acids is 1. The molecule has 0 radical (unpaired) electrons. The minimum atomic E-state index is -0.602. The van der Waals surface area contributed by atoms with Crippen molar-refractivity contribution in [3.8, 4) is 0 Å². The molecule has 0 saturated carbocycles. The van der Waals surface area contributed by atoms with Gasteiger partial charge >= 0.3 is 5.97 Å². The smallest absolute Gasteiger partial charge is 0.303 e. The Labute approximate surface area is 138 Å². The van der Waals surface area contributed by atoms with E-state index in [2.05, 4.69) is 9.97 Å². The van der Waals surface area contributed by atoms with Gasteiger partial charge in [0.2, 0.25) is 0 Å². The Morgan fingerprint density at radius 1 is 1.52 bits per heavy atom. The van der Waals surface area contributed by atoms with E-state index in [9.17, 15) is 9.90 Å². The highest BCUT2D eigenvalue weighted by Gasteiger charge is 2.53. The van der Waals surface area contributed by atoms with Gasteiger partial charge in [0.25, 0.3) is 0 Å². The van der Waals surface area contributed by atoms with E-state index in [4.69, 9.17) is 21.1 Å². The molecule has 124 valence electrons. The molecule has 0 aliphatic carbocycles. The van der Waals surface area contributed by atoms with Crippen LogP contribution in [0.5, 0.6) is 0 Å². The molecule has 2 aromatic heterocycles. The van der Waals surface area contributed by atoms with Gasteiger partial charge in [0.05, 0.1) is 18.1 Å². The number of nitrogens with zero attached hydrogens (tertiary/aromatic N) is 3. The number of halogens is 1. The van der Waals surface area contributed by atoms with E-state index in [1.807, 2.05) is 13.8 Å². The highest BCUT2D eigenvalue weighted by atomic mass is 35.5. The van der Waals surface area contributed by atoms with Gasteiger partial charge in [0.15, 0.2) is 12.3 Å². The molecule has 1 aliphatic heterocycles. The average molecular weight is 340 g/mol. The largest absolute Gasteiger partial charge is 0.457 e. The van der Waals surface area contributed by atoms with Crippen LogP contribution in [-0.4, -0.2) is 44.4 Å². The number of esters is 1. The summed E-state index contributed by atoms with van der Waals surface area (Å²) in [6, 6.07) is 1.78. The first-order valence-corrected chi connectivity index (χ1v) is 7.64. The Bertz CT molecular complexity index is 745. The van der Waals surface area contributed by atoms with Gasteiger partial charge in [-0.2, -0.15) is 0 Å². The Morgan fingerprint density at radius 3 is 2.91 bits per heavy atom. The Morgan fingerprint density at radius 2 is 2.26 bits per heavy atom. The summed E-state index contributed by atoms with van der Waals surface area (Å²) in [5.41, 5.74) is 0.0277. The summed E-state index contributed by atoms with van der Waals surface area (Å²) < 4.78 is 13.2. The van der Waals surface area contributed by atoms with Crippen molar-refractivity contribution in [1.82, 2.24) is 14.5 Å². The maximum atomic E-state index is 11.5. The van der Waals surface area contributed by atoms with Crippen molar-refractivity contribution in [3.05, 3.63) is 23.7 Å². The number of aliphatic hydroxyl groups excluding tert-OH is 1. The third-order valence-electron chi connectivity index (χ3n) is 4.32. The van der Waals surface area contributed by atoms with Gasteiger partial charge in [-0.05, 0) is 6.07 Å². The summed E-state index contributed by atoms with van der Waals surface area (Å²) in [4.78, 5) is 19.7. The summed E-state index contributed by atoms with van der Waals surface area (Å²) in [5, 5.41) is 10.6. The van der Waals surface area contributed by atoms with E-state index < -0.39 is 29.8 Å². The van der Waals surface area contributed by atoms with Gasteiger partial charge in [-0.1, -0.05) is 25.4 Å². The zero-order chi connectivity index (χ0) is 16.8. The number of fused-ring (bicyclic) bond motifs is 1. The number of aliphatic hydroxyl groups is 1. The minimum absolute atomic E-state index is 0.170. The third kappa shape index (κ3) is 2.58. The molecule has 1 saturated heterocycles. The monoisotopic (exact) mass is 339 g/mol. The van der Waals surface area contributed by atoms with Crippen LogP contribution in [0.4, 0.5) is 0 Å². The Kier molecular flexibility index (Phi) is 4.03. The zero-order valence-corrected chi connectivity index (χ0v) is 13.8. The number of ether oxygens (including phenoxy) is 2. The normalized spacial score (nSPS) is 26.6. The highest BCUT2D eigenvalue weighted by Crippen LogP contribution is 2.46. The lowest BCUT2D eigenvalue weighted by molar-refractivity contribution is -0.155. The lowest BCUT2D eigenvalue weighted by Gasteiger charge is -2.30. The third-order valence-corrected chi connectivity index (χ3v) is 4.62. The second-order valence-electron chi connectivity index (χ2n) is 6.17. The van der Waals surface area contributed by atoms with Crippen LogP contribution in [-0.2, 0) is 14.3 Å². The molecule has 0 bridgehead atoms. The van der Waals surface area contributed by atoms with Crippen molar-refractivity contribution in [2.45, 2.75) is 39.2 Å². The van der Waals surface area contributed by atoms with Gasteiger partial charge in [0, 0.05) is 18.5 Å². The molecule has 0 amide bonds. The standard InChI is InChI=1S/C15H18ClN3O4/c1-8(21)22-11-14(23-10(6-20)15(11,2)3)19-5-4-9-12(16)17-7-18-13(9)19/h4-5,7,10-11,14,20H,6H2,1-3H3/t10-,11+,14-/m1/s1. The van der Waals surface area contributed by atoms with Crippen LogP contribution in [0, 0.1) is 5.41 Å². The maximum Gasteiger partial charge on any atom is 0.303 e. The molecule has 23 heavy (non-hydrogen) atoms. The summed E-state index contributed by atoms with van der Waals surface area (Å²) in [5.74, 6) is -0.403. The van der Waals surface area contributed by atoms with Crippen LogP contribution in [0.25, 0.3) is 11.0 Å². The number of aromatic nitrogens is 3. The molecule has 0 aromatic carbocycles. The van der Waals surface area contributed by atoms with Crippen LogP contribution in [0.1, 0.15) is 27.0 Å². The van der Waals surface area contributed by atoms with Crippen LogP contribution in [0.15, 0.2) is 18.6 Å². The molecule has 1 N–H and O–H groups in total. The summed E-state index contributed by atoms with van der Waals surface area (Å²) in [7, 11) is 0. The molecule has 3 rings (SSSR count). The summed E-state index contributed by atoms with van der Waals surface area (Å²) >= 11 is 6.08. The lowest BCUT2D eigenvalue weighted by atomic mass is 9.82. The number of rotatable bonds is 3. The fraction of sp³-hybridized carbons (Fsp3) is 0.533. The topological polar surface area (TPSA) is 86.5 Å². The van der Waals surface area contributed by atoms with E-state index in [-0.39, 0.29) is 6.61 Å². The van der Waals surface area contributed by atoms with Crippen molar-refractivity contribution >= 4 is 28.6 Å². The second kappa shape index (κ2) is 5.74. The van der Waals surface area contributed by atoms with Gasteiger partial charge in [-0.25, -0.2) is 9.97 Å². The van der Waals surface area contributed by atoms with Gasteiger partial charge in [-0.3, -0.25) is 4.79 Å². The molecular weight excluding hydrogens is 322 g/mol. The van der Waals surface area contributed by atoms with E-state index in [0.717, 1.165) is 0 Å². The first kappa shape index (κ1) is 16.2. The molecule has 3 heterocycles. The molecule has 1 fully saturated rings. The molecular formula is C15H18ClN3O4. The van der Waals surface area contributed by atoms with Crippen molar-refractivity contribution in [1.29, 1.82) is 0 Å². The SMILES string of the molecule is CC(=O)O[C@H]1[C@H](n2ccc3c(Cl)ncnc32)O[C@H](CO)C1(C)C. The lowest BCUT2D eigenvalue weighted by Crippen LogP contribution is -2.39. The highest BCUT2D eigenvalue weighted by molar-refractivity contribution is 6.33. The van der Waals surface area contributed by atoms with E-state index in [1.54, 1.807) is 16.8 Å². The van der Waals surface area contributed by atoms with Crippen LogP contribution >= 0.6 is 11.6 Å². The van der Waals surface area contributed by atoms with Crippen LogP contribution < -0.4 is 0 Å². The van der Waals surface area contributed by atoms with E-state index >= 15 is 0 Å². The fourth-order valence-electron chi connectivity index (χ4n) is 2.99. The van der Waals surface area contributed by atoms with Gasteiger partial charge in [-0.15, -0.1) is 0 Å². The van der Waals surface area contributed by atoms with Crippen LogP contribution in [0.3, 0.4) is 0 Å². The molecule has 1 aliphatic rings. The van der Waals surface area contributed by atoms with Crippen LogP contribution in [0.2, 0.25) is 5.15 Å². The van der Waals surface area contributed by atoms with E-state index in [0.29, 0.717) is 16.2 Å². The zero-order valence-electron chi connectivity index (χ0n) is 13.1. The fourth-order valence-corrected chi connectivity index (χ4v) is 3.18. The summed E-state index contributed by atoms with van der Waals surface area (Å²) in [6.07, 6.45) is 1.50. The molecule has 7 nitrogen and oxygen atoms in total. The van der Waals surface area contributed by atoms with Crippen molar-refractivity contribution in [2.75, 3.05) is 6.61 Å². The molecule has 2 aromatic rings. The first-order valence-electron chi connectivity index (χ1n) is 7.27. The Hall–Kier alpha value is -1.70. The van der Waals surface area contributed by atoms with Gasteiger partial charge < -0.3 is 19.1 Å². The van der Waals surface area contributed by atoms with Crippen molar-refractivity contribution in [3.63, 3.8) is 0 Å². The molecule has 0 spiro atoms. The second-order valence-corrected chi connectivity index (χ2v) is 6.53. The maximum absolute atomic E-state index is 11.5. The predicted molar refractivity (Wildman–Crippen MR) is 82.9 cm³/mol. The van der Waals surface area contributed by atoms with Crippen molar-refractivity contribution < 1.29 is 19.4 Å². The number of hydrogen-bond acceptors (Lipinski definition) is 6. The molecule has 0 unspecified atom stereocenters. The quantitative estimate of drug-likeness (QED) is 0.679. The Balaban J connectivity index is 2.08. The number of hydrogen-bond donors (Lipinski definition) is 1. The molecule has 3 atom stereocenters. The average Bonchev–Trinajstić information content (AvgIpc) is 3.00. The minimum Gasteiger partial charge on any atom is -0.457 e.